The van der Waals surface area contributed by atoms with Crippen molar-refractivity contribution < 1.29 is 0 Å². The highest BCUT2D eigenvalue weighted by Gasteiger charge is 2.08. The van der Waals surface area contributed by atoms with Crippen LogP contribution in [0.15, 0.2) is 84.6 Å². The number of nitrogens with zero attached hydrogens (tertiary/aromatic N) is 1. The van der Waals surface area contributed by atoms with Crippen LogP contribution in [0.1, 0.15) is 60.7 Å². The molecule has 0 aliphatic heterocycles. The Bertz CT molecular complexity index is 1160. The Morgan fingerprint density at radius 1 is 0.941 bits per heavy atom. The third kappa shape index (κ3) is 7.31. The molecule has 178 valence electrons. The minimum absolute atomic E-state index is 0.865. The van der Waals surface area contributed by atoms with Crippen LogP contribution in [0.2, 0.25) is 0 Å². The third-order valence-electron chi connectivity index (χ3n) is 5.90. The summed E-state index contributed by atoms with van der Waals surface area (Å²) in [5.41, 5.74) is 11.4. The van der Waals surface area contributed by atoms with Crippen LogP contribution in [-0.4, -0.2) is 10.8 Å². The maximum Gasteiger partial charge on any atom is 0.0477 e. The van der Waals surface area contributed by atoms with E-state index in [1.54, 1.807) is 0 Å². The number of benzene rings is 2. The van der Waals surface area contributed by atoms with Crippen LogP contribution in [0.5, 0.6) is 0 Å². The minimum Gasteiger partial charge on any atom is -0.351 e. The van der Waals surface area contributed by atoms with E-state index in [4.69, 9.17) is 5.41 Å². The molecule has 1 aliphatic rings. The Hall–Kier alpha value is -3.39. The Labute approximate surface area is 206 Å². The molecule has 1 heterocycles. The van der Waals surface area contributed by atoms with Gasteiger partial charge in [-0.15, -0.1) is 0 Å². The number of hydrogen-bond acceptors (Lipinski definition) is 1. The smallest absolute Gasteiger partial charge is 0.0477 e. The van der Waals surface area contributed by atoms with Gasteiger partial charge in [0.25, 0.3) is 0 Å². The molecule has 4 rings (SSSR count). The zero-order valence-corrected chi connectivity index (χ0v) is 21.9. The Morgan fingerprint density at radius 2 is 1.62 bits per heavy atom. The first-order valence-corrected chi connectivity index (χ1v) is 12.2. The van der Waals surface area contributed by atoms with E-state index < -0.39 is 0 Å². The normalized spacial score (nSPS) is 12.6. The van der Waals surface area contributed by atoms with Crippen LogP contribution in [0.25, 0.3) is 11.1 Å². The summed E-state index contributed by atoms with van der Waals surface area (Å²) in [4.78, 5) is 0. The van der Waals surface area contributed by atoms with Crippen LogP contribution in [0.3, 0.4) is 0 Å². The van der Waals surface area contributed by atoms with Gasteiger partial charge in [-0.2, -0.15) is 0 Å². The highest BCUT2D eigenvalue weighted by Crippen LogP contribution is 2.27. The van der Waals surface area contributed by atoms with Crippen molar-refractivity contribution in [3.05, 3.63) is 118 Å². The molecule has 0 bridgehead atoms. The molecule has 1 aromatic heterocycles. The lowest BCUT2D eigenvalue weighted by Gasteiger charge is -2.07. The summed E-state index contributed by atoms with van der Waals surface area (Å²) in [6.07, 6.45) is 12.1. The molecular formula is C32H40N2. The second-order valence-corrected chi connectivity index (χ2v) is 8.62. The predicted molar refractivity (Wildman–Crippen MR) is 151 cm³/mol. The maximum atomic E-state index is 7.66. The number of allylic oxidation sites excluding steroid dienone is 6. The van der Waals surface area contributed by atoms with E-state index in [1.165, 1.54) is 45.3 Å². The van der Waals surface area contributed by atoms with Crippen molar-refractivity contribution in [2.75, 3.05) is 0 Å². The van der Waals surface area contributed by atoms with Gasteiger partial charge in [0.1, 0.15) is 0 Å². The second kappa shape index (κ2) is 13.3. The van der Waals surface area contributed by atoms with Gasteiger partial charge in [0.15, 0.2) is 0 Å². The van der Waals surface area contributed by atoms with Crippen molar-refractivity contribution in [3.8, 4) is 0 Å². The summed E-state index contributed by atoms with van der Waals surface area (Å²) in [5, 5.41) is 7.66. The molecule has 0 atom stereocenters. The maximum absolute atomic E-state index is 7.66. The fourth-order valence-corrected chi connectivity index (χ4v) is 4.11. The molecular weight excluding hydrogens is 412 g/mol. The largest absolute Gasteiger partial charge is 0.351 e. The molecule has 3 aromatic rings. The molecule has 0 amide bonds. The monoisotopic (exact) mass is 452 g/mol. The fraction of sp³-hybridized carbons (Fsp3) is 0.281. The SMILES string of the molecule is CC.CC1=C(c2cccn2C)C=CC1.Cc1cc(C)cc(/C(C=N)=C/Cc2ccccc2C)c1. The number of aryl methyl sites for hydroxylation is 4. The van der Waals surface area contributed by atoms with E-state index >= 15 is 0 Å². The van der Waals surface area contributed by atoms with Gasteiger partial charge in [0.2, 0.25) is 0 Å². The van der Waals surface area contributed by atoms with Crippen molar-refractivity contribution in [2.45, 2.75) is 54.4 Å². The highest BCUT2D eigenvalue weighted by atomic mass is 14.9. The summed E-state index contributed by atoms with van der Waals surface area (Å²) in [6, 6.07) is 19.1. The van der Waals surface area contributed by atoms with E-state index in [9.17, 15) is 0 Å². The molecule has 2 aromatic carbocycles. The van der Waals surface area contributed by atoms with E-state index in [0.717, 1.165) is 24.0 Å². The average Bonchev–Trinajstić information content (AvgIpc) is 3.44. The van der Waals surface area contributed by atoms with E-state index in [0.29, 0.717) is 0 Å². The molecule has 1 N–H and O–H groups in total. The Kier molecular flexibility index (Phi) is 10.5. The van der Waals surface area contributed by atoms with Gasteiger partial charge in [-0.3, -0.25) is 0 Å². The Balaban J connectivity index is 0.000000248. The standard InChI is InChI=1S/C19H21N.C11H13N.C2H6/c1-14-10-15(2)12-19(11-14)18(13-20)9-8-17-7-5-4-6-16(17)3;1-9-5-3-6-10(9)11-7-4-8-12(11)2;1-2/h4-7,9-13,20H,8H2,1-3H3;3-4,6-8H,5H2,1-2H3;1-2H3/b18-9+,20-13?;;. The highest BCUT2D eigenvalue weighted by molar-refractivity contribution is 6.08. The van der Waals surface area contributed by atoms with Crippen molar-refractivity contribution >= 4 is 17.4 Å². The van der Waals surface area contributed by atoms with Crippen LogP contribution in [-0.2, 0) is 13.5 Å². The Morgan fingerprint density at radius 3 is 2.15 bits per heavy atom. The first kappa shape index (κ1) is 26.9. The molecule has 0 fully saturated rings. The summed E-state index contributed by atoms with van der Waals surface area (Å²) < 4.78 is 2.16. The predicted octanol–water partition coefficient (Wildman–Crippen LogP) is 8.67. The van der Waals surface area contributed by atoms with Crippen molar-refractivity contribution in [2.24, 2.45) is 7.05 Å². The van der Waals surface area contributed by atoms with Crippen LogP contribution in [0.4, 0.5) is 0 Å². The molecule has 2 heteroatoms. The van der Waals surface area contributed by atoms with E-state index in [1.807, 2.05) is 13.8 Å². The van der Waals surface area contributed by atoms with Gasteiger partial charge in [0, 0.05) is 25.2 Å². The van der Waals surface area contributed by atoms with Crippen molar-refractivity contribution in [1.29, 1.82) is 5.41 Å². The fourth-order valence-electron chi connectivity index (χ4n) is 4.11. The number of nitrogens with one attached hydrogen (secondary N) is 1. The van der Waals surface area contributed by atoms with Crippen molar-refractivity contribution in [1.82, 2.24) is 4.57 Å². The van der Waals surface area contributed by atoms with Gasteiger partial charge in [0.05, 0.1) is 0 Å². The topological polar surface area (TPSA) is 28.8 Å². The van der Waals surface area contributed by atoms with Gasteiger partial charge < -0.3 is 9.98 Å². The minimum atomic E-state index is 0.865. The lowest BCUT2D eigenvalue weighted by Crippen LogP contribution is -1.92. The summed E-state index contributed by atoms with van der Waals surface area (Å²) in [6.45, 7) is 12.5. The first-order chi connectivity index (χ1) is 16.4. The van der Waals surface area contributed by atoms with Crippen LogP contribution in [0, 0.1) is 26.2 Å². The third-order valence-corrected chi connectivity index (χ3v) is 5.90. The molecule has 0 saturated carbocycles. The molecule has 0 unspecified atom stereocenters. The molecule has 0 saturated heterocycles. The van der Waals surface area contributed by atoms with E-state index in [-0.39, 0.29) is 0 Å². The first-order valence-electron chi connectivity index (χ1n) is 12.2. The average molecular weight is 453 g/mol. The summed E-state index contributed by atoms with van der Waals surface area (Å²) >= 11 is 0. The lowest BCUT2D eigenvalue weighted by atomic mass is 9.98. The molecule has 2 nitrogen and oxygen atoms in total. The quantitative estimate of drug-likeness (QED) is 0.375. The molecule has 0 radical (unpaired) electrons. The van der Waals surface area contributed by atoms with Crippen molar-refractivity contribution in [3.63, 3.8) is 0 Å². The zero-order valence-electron chi connectivity index (χ0n) is 21.9. The number of aromatic nitrogens is 1. The number of rotatable bonds is 5. The van der Waals surface area contributed by atoms with Gasteiger partial charge in [-0.05, 0) is 80.5 Å². The second-order valence-electron chi connectivity index (χ2n) is 8.62. The van der Waals surface area contributed by atoms with Crippen LogP contribution >= 0.6 is 0 Å². The van der Waals surface area contributed by atoms with Gasteiger partial charge >= 0.3 is 0 Å². The molecule has 0 spiro atoms. The van der Waals surface area contributed by atoms with E-state index in [2.05, 4.69) is 118 Å². The van der Waals surface area contributed by atoms with Crippen LogP contribution < -0.4 is 0 Å². The summed E-state index contributed by atoms with van der Waals surface area (Å²) in [7, 11) is 2.09. The number of hydrogen-bond donors (Lipinski definition) is 1. The lowest BCUT2D eigenvalue weighted by molar-refractivity contribution is 0.909. The molecule has 1 aliphatic carbocycles. The van der Waals surface area contributed by atoms with Gasteiger partial charge in [-0.1, -0.05) is 91.2 Å². The molecule has 34 heavy (non-hydrogen) atoms. The van der Waals surface area contributed by atoms with Gasteiger partial charge in [-0.25, -0.2) is 0 Å². The summed E-state index contributed by atoms with van der Waals surface area (Å²) in [5.74, 6) is 0. The zero-order chi connectivity index (χ0) is 25.1.